The fraction of sp³-hybridized carbons (Fsp3) is 0.417. The van der Waals surface area contributed by atoms with Crippen molar-refractivity contribution < 1.29 is 9.90 Å². The number of hydrogen-bond donors (Lipinski definition) is 2. The summed E-state index contributed by atoms with van der Waals surface area (Å²) in [5.74, 6) is -0.975. The molecule has 0 spiro atoms. The molecule has 0 radical (unpaired) electrons. The largest absolute Gasteiger partial charge is 0.479 e. The fourth-order valence-corrected chi connectivity index (χ4v) is 5.35. The van der Waals surface area contributed by atoms with E-state index in [1.807, 2.05) is 30.3 Å². The summed E-state index contributed by atoms with van der Waals surface area (Å²) in [4.78, 5) is 17.4. The van der Waals surface area contributed by atoms with Crippen molar-refractivity contribution in [2.24, 2.45) is 4.99 Å². The Kier molecular flexibility index (Phi) is 6.47. The van der Waals surface area contributed by atoms with E-state index >= 15 is 0 Å². The molecular formula is C24H26Cl2N2O2. The maximum atomic E-state index is 12.6. The number of rotatable bonds is 7. The minimum Gasteiger partial charge on any atom is -0.479 e. The van der Waals surface area contributed by atoms with Crippen molar-refractivity contribution in [3.05, 3.63) is 69.2 Å². The first-order chi connectivity index (χ1) is 14.5. The molecule has 2 aliphatic rings. The molecule has 1 unspecified atom stereocenters. The van der Waals surface area contributed by atoms with Crippen molar-refractivity contribution in [3.63, 3.8) is 0 Å². The van der Waals surface area contributed by atoms with Crippen molar-refractivity contribution in [3.8, 4) is 0 Å². The lowest BCUT2D eigenvalue weighted by molar-refractivity contribution is -0.143. The van der Waals surface area contributed by atoms with Crippen LogP contribution in [0, 0.1) is 0 Å². The van der Waals surface area contributed by atoms with Crippen LogP contribution in [0.15, 0.2) is 47.5 Å². The predicted molar refractivity (Wildman–Crippen MR) is 122 cm³/mol. The second-order valence-corrected chi connectivity index (χ2v) is 9.04. The third kappa shape index (κ3) is 4.14. The van der Waals surface area contributed by atoms with Gasteiger partial charge in [0.05, 0.1) is 5.71 Å². The number of carbonyl (C=O) groups is 1. The zero-order chi connectivity index (χ0) is 21.1. The van der Waals surface area contributed by atoms with E-state index in [0.29, 0.717) is 45.8 Å². The van der Waals surface area contributed by atoms with Gasteiger partial charge in [-0.2, -0.15) is 0 Å². The highest BCUT2D eigenvalue weighted by Crippen LogP contribution is 2.45. The van der Waals surface area contributed by atoms with Gasteiger partial charge in [0.1, 0.15) is 0 Å². The molecule has 0 amide bonds. The number of aliphatic carboxylic acids is 1. The topological polar surface area (TPSA) is 61.7 Å². The van der Waals surface area contributed by atoms with Crippen molar-refractivity contribution in [1.82, 2.24) is 5.32 Å². The summed E-state index contributed by atoms with van der Waals surface area (Å²) in [7, 11) is 0. The third-order valence-electron chi connectivity index (χ3n) is 6.18. The quantitative estimate of drug-likeness (QED) is 0.528. The molecule has 158 valence electrons. The van der Waals surface area contributed by atoms with Crippen molar-refractivity contribution in [2.45, 2.75) is 56.5 Å². The number of halogens is 2. The molecule has 4 nitrogen and oxygen atoms in total. The number of fused-ring (bicyclic) bond motifs is 1. The zero-order valence-electron chi connectivity index (χ0n) is 16.8. The molecule has 4 rings (SSSR count). The monoisotopic (exact) mass is 444 g/mol. The molecule has 1 aliphatic carbocycles. The van der Waals surface area contributed by atoms with Crippen LogP contribution in [0.4, 0.5) is 0 Å². The highest BCUT2D eigenvalue weighted by atomic mass is 35.5. The molecule has 2 aromatic rings. The standard InChI is InChI=1S/C24H26Cl2N2O2/c25-17-14-19-21(20(26)15-17)24(23(29)30,28-22(19)16-8-3-1-4-9-16)12-7-13-27-18-10-5-2-6-11-18/h1,3-4,8-9,14-15,18,27H,2,5-7,10-13H2,(H,29,30). The molecule has 6 heteroatoms. The number of nitrogens with one attached hydrogen (secondary N) is 1. The van der Waals surface area contributed by atoms with Gasteiger partial charge in [0, 0.05) is 32.8 Å². The Hall–Kier alpha value is -1.88. The van der Waals surface area contributed by atoms with Gasteiger partial charge >= 0.3 is 5.97 Å². The van der Waals surface area contributed by atoms with Gasteiger partial charge in [0.2, 0.25) is 0 Å². The summed E-state index contributed by atoms with van der Waals surface area (Å²) in [5, 5.41) is 14.7. The molecule has 1 fully saturated rings. The lowest BCUT2D eigenvalue weighted by Crippen LogP contribution is -2.36. The summed E-state index contributed by atoms with van der Waals surface area (Å²) in [6.45, 7) is 0.774. The molecule has 2 aromatic carbocycles. The van der Waals surface area contributed by atoms with Crippen LogP contribution >= 0.6 is 23.2 Å². The van der Waals surface area contributed by atoms with E-state index in [0.717, 1.165) is 12.1 Å². The van der Waals surface area contributed by atoms with Crippen LogP contribution in [0.5, 0.6) is 0 Å². The van der Waals surface area contributed by atoms with Gasteiger partial charge in [0.15, 0.2) is 5.54 Å². The molecule has 0 saturated heterocycles. The van der Waals surface area contributed by atoms with Crippen LogP contribution in [0.1, 0.15) is 61.6 Å². The van der Waals surface area contributed by atoms with Gasteiger partial charge < -0.3 is 10.4 Å². The Morgan fingerprint density at radius 3 is 2.57 bits per heavy atom. The van der Waals surface area contributed by atoms with Crippen molar-refractivity contribution >= 4 is 34.9 Å². The predicted octanol–water partition coefficient (Wildman–Crippen LogP) is 5.83. The van der Waals surface area contributed by atoms with Gasteiger partial charge in [-0.25, -0.2) is 4.79 Å². The SMILES string of the molecule is O=C(O)C1(CCCNC2CCCCC2)N=C(c2ccccc2)c2cc(Cl)cc(Cl)c21. The number of aliphatic imine (C=N–C) groups is 1. The molecule has 1 atom stereocenters. The Morgan fingerprint density at radius 2 is 1.87 bits per heavy atom. The molecule has 1 saturated carbocycles. The fourth-order valence-electron chi connectivity index (χ4n) is 4.70. The van der Waals surface area contributed by atoms with Crippen LogP contribution in [0.2, 0.25) is 10.0 Å². The van der Waals surface area contributed by atoms with E-state index in [2.05, 4.69) is 5.32 Å². The van der Waals surface area contributed by atoms with Crippen LogP contribution in [0.3, 0.4) is 0 Å². The lowest BCUT2D eigenvalue weighted by atomic mass is 9.84. The average Bonchev–Trinajstić information content (AvgIpc) is 3.08. The van der Waals surface area contributed by atoms with Crippen LogP contribution in [0.25, 0.3) is 0 Å². The molecule has 0 bridgehead atoms. The summed E-state index contributed by atoms with van der Waals surface area (Å²) in [6, 6.07) is 13.5. The molecule has 1 heterocycles. The third-order valence-corrected chi connectivity index (χ3v) is 6.70. The first-order valence-electron chi connectivity index (χ1n) is 10.6. The van der Waals surface area contributed by atoms with Crippen LogP contribution in [-0.4, -0.2) is 29.4 Å². The van der Waals surface area contributed by atoms with Gasteiger partial charge in [-0.05, 0) is 44.4 Å². The maximum absolute atomic E-state index is 12.6. The van der Waals surface area contributed by atoms with Crippen molar-refractivity contribution in [2.75, 3.05) is 6.54 Å². The summed E-state index contributed by atoms with van der Waals surface area (Å²) < 4.78 is 0. The first-order valence-corrected chi connectivity index (χ1v) is 11.4. The zero-order valence-corrected chi connectivity index (χ0v) is 18.3. The molecule has 2 N–H and O–H groups in total. The maximum Gasteiger partial charge on any atom is 0.336 e. The Labute approximate surface area is 187 Å². The van der Waals surface area contributed by atoms with Gasteiger partial charge in [-0.1, -0.05) is 72.8 Å². The molecule has 1 aliphatic heterocycles. The molecule has 30 heavy (non-hydrogen) atoms. The van der Waals surface area contributed by atoms with Crippen LogP contribution < -0.4 is 5.32 Å². The number of nitrogens with zero attached hydrogens (tertiary/aromatic N) is 1. The highest BCUT2D eigenvalue weighted by molar-refractivity contribution is 6.37. The van der Waals surface area contributed by atoms with E-state index in [1.54, 1.807) is 12.1 Å². The van der Waals surface area contributed by atoms with Gasteiger partial charge in [0.25, 0.3) is 0 Å². The number of carboxylic acids is 1. The summed E-state index contributed by atoms with van der Waals surface area (Å²) in [5.41, 5.74) is 1.37. The van der Waals surface area contributed by atoms with E-state index in [-0.39, 0.29) is 0 Å². The summed E-state index contributed by atoms with van der Waals surface area (Å²) >= 11 is 12.8. The number of hydrogen-bond acceptors (Lipinski definition) is 3. The lowest BCUT2D eigenvalue weighted by Gasteiger charge is -2.26. The number of benzene rings is 2. The smallest absolute Gasteiger partial charge is 0.336 e. The Bertz CT molecular complexity index is 955. The Morgan fingerprint density at radius 1 is 1.13 bits per heavy atom. The normalized spacial score (nSPS) is 21.3. The van der Waals surface area contributed by atoms with E-state index in [9.17, 15) is 9.90 Å². The van der Waals surface area contributed by atoms with Crippen LogP contribution in [-0.2, 0) is 10.3 Å². The summed E-state index contributed by atoms with van der Waals surface area (Å²) in [6.07, 6.45) is 7.34. The van der Waals surface area contributed by atoms with Gasteiger partial charge in [-0.15, -0.1) is 0 Å². The second-order valence-electron chi connectivity index (χ2n) is 8.19. The van der Waals surface area contributed by atoms with E-state index in [4.69, 9.17) is 28.2 Å². The minimum atomic E-state index is -1.39. The van der Waals surface area contributed by atoms with E-state index in [1.165, 1.54) is 32.1 Å². The number of carboxylic acid groups (broad SMARTS) is 1. The minimum absolute atomic E-state index is 0.356. The first kappa shape index (κ1) is 21.4. The van der Waals surface area contributed by atoms with E-state index < -0.39 is 11.5 Å². The molecule has 0 aromatic heterocycles. The molecular weight excluding hydrogens is 419 g/mol. The van der Waals surface area contributed by atoms with Crippen molar-refractivity contribution in [1.29, 1.82) is 0 Å². The Balaban J connectivity index is 1.64. The highest BCUT2D eigenvalue weighted by Gasteiger charge is 2.48. The second kappa shape index (κ2) is 9.09. The van der Waals surface area contributed by atoms with Gasteiger partial charge in [-0.3, -0.25) is 4.99 Å². The average molecular weight is 445 g/mol.